The van der Waals surface area contributed by atoms with Crippen LogP contribution in [0.1, 0.15) is 16.8 Å². The second-order valence-electron chi connectivity index (χ2n) is 4.12. The summed E-state index contributed by atoms with van der Waals surface area (Å²) in [6.45, 7) is 4.09. The minimum absolute atomic E-state index is 0.402. The van der Waals surface area contributed by atoms with Crippen molar-refractivity contribution in [3.05, 3.63) is 28.2 Å². The molecule has 0 spiro atoms. The van der Waals surface area contributed by atoms with Gasteiger partial charge in [0.05, 0.1) is 5.56 Å². The average Bonchev–Trinajstić information content (AvgIpc) is 2.56. The molecule has 1 aromatic carbocycles. The Kier molecular flexibility index (Phi) is 4.02. The Balaban J connectivity index is 2.21. The average molecular weight is 298 g/mol. The number of nitrogens with two attached hydrogens (primary N) is 1. The Labute approximate surface area is 109 Å². The highest BCUT2D eigenvalue weighted by Crippen LogP contribution is 2.24. The first-order chi connectivity index (χ1) is 8.18. The molecule has 1 aliphatic rings. The van der Waals surface area contributed by atoms with Crippen molar-refractivity contribution in [3.8, 4) is 0 Å². The van der Waals surface area contributed by atoms with Gasteiger partial charge in [0.1, 0.15) is 0 Å². The minimum atomic E-state index is -0.402. The molecule has 1 heterocycles. The topological polar surface area (TPSA) is 58.4 Å². The molecular weight excluding hydrogens is 282 g/mol. The van der Waals surface area contributed by atoms with Gasteiger partial charge in [0.2, 0.25) is 5.91 Å². The maximum absolute atomic E-state index is 11.1. The SMILES string of the molecule is NC(=O)c1ccc(N2CCCNCC2)cc1Br. The third-order valence-corrected chi connectivity index (χ3v) is 3.58. The van der Waals surface area contributed by atoms with Crippen molar-refractivity contribution in [1.29, 1.82) is 0 Å². The number of nitrogens with zero attached hydrogens (tertiary/aromatic N) is 1. The Hall–Kier alpha value is -1.07. The predicted molar refractivity (Wildman–Crippen MR) is 72.4 cm³/mol. The number of rotatable bonds is 2. The number of hydrogen-bond acceptors (Lipinski definition) is 3. The van der Waals surface area contributed by atoms with Crippen molar-refractivity contribution in [2.24, 2.45) is 5.73 Å². The number of anilines is 1. The minimum Gasteiger partial charge on any atom is -0.370 e. The molecule has 0 atom stereocenters. The van der Waals surface area contributed by atoms with Crippen LogP contribution < -0.4 is 16.0 Å². The lowest BCUT2D eigenvalue weighted by molar-refractivity contribution is 0.0999. The van der Waals surface area contributed by atoms with E-state index in [-0.39, 0.29) is 0 Å². The molecule has 1 amide bonds. The van der Waals surface area contributed by atoms with Crippen molar-refractivity contribution >= 4 is 27.5 Å². The van der Waals surface area contributed by atoms with Gasteiger partial charge in [0.25, 0.3) is 0 Å². The van der Waals surface area contributed by atoms with E-state index >= 15 is 0 Å². The standard InChI is InChI=1S/C12H16BrN3O/c13-11-8-9(2-3-10(11)12(14)17)16-6-1-4-15-5-7-16/h2-3,8,15H,1,4-7H2,(H2,14,17). The van der Waals surface area contributed by atoms with E-state index in [0.717, 1.165) is 42.8 Å². The Morgan fingerprint density at radius 1 is 1.35 bits per heavy atom. The third-order valence-electron chi connectivity index (χ3n) is 2.92. The molecule has 0 radical (unpaired) electrons. The van der Waals surface area contributed by atoms with Gasteiger partial charge in [0.15, 0.2) is 0 Å². The zero-order valence-electron chi connectivity index (χ0n) is 9.58. The number of primary amides is 1. The lowest BCUT2D eigenvalue weighted by Gasteiger charge is -2.22. The third kappa shape index (κ3) is 2.98. The summed E-state index contributed by atoms with van der Waals surface area (Å²) in [5.74, 6) is -0.402. The maximum atomic E-state index is 11.1. The molecule has 92 valence electrons. The second-order valence-corrected chi connectivity index (χ2v) is 4.97. The summed E-state index contributed by atoms with van der Waals surface area (Å²) in [6, 6.07) is 5.70. The van der Waals surface area contributed by atoms with Crippen LogP contribution >= 0.6 is 15.9 Å². The lowest BCUT2D eigenvalue weighted by Crippen LogP contribution is -2.27. The molecule has 1 saturated heterocycles. The molecule has 0 bridgehead atoms. The molecule has 1 fully saturated rings. The van der Waals surface area contributed by atoms with Crippen LogP contribution in [0.25, 0.3) is 0 Å². The van der Waals surface area contributed by atoms with Crippen LogP contribution in [0.2, 0.25) is 0 Å². The van der Waals surface area contributed by atoms with Crippen LogP contribution in [0.4, 0.5) is 5.69 Å². The first kappa shape index (κ1) is 12.4. The zero-order valence-corrected chi connectivity index (χ0v) is 11.2. The highest BCUT2D eigenvalue weighted by atomic mass is 79.9. The maximum Gasteiger partial charge on any atom is 0.249 e. The molecule has 17 heavy (non-hydrogen) atoms. The van der Waals surface area contributed by atoms with E-state index < -0.39 is 5.91 Å². The van der Waals surface area contributed by atoms with Gasteiger partial charge in [-0.05, 0) is 47.1 Å². The van der Waals surface area contributed by atoms with Crippen LogP contribution in [-0.2, 0) is 0 Å². The summed E-state index contributed by atoms with van der Waals surface area (Å²) in [5.41, 5.74) is 6.94. The van der Waals surface area contributed by atoms with E-state index in [1.807, 2.05) is 12.1 Å². The van der Waals surface area contributed by atoms with Crippen molar-refractivity contribution in [2.45, 2.75) is 6.42 Å². The molecule has 0 aromatic heterocycles. The number of carbonyl (C=O) groups is 1. The van der Waals surface area contributed by atoms with Crippen molar-refractivity contribution < 1.29 is 4.79 Å². The smallest absolute Gasteiger partial charge is 0.249 e. The van der Waals surface area contributed by atoms with Gasteiger partial charge in [-0.3, -0.25) is 4.79 Å². The quantitative estimate of drug-likeness (QED) is 0.866. The fraction of sp³-hybridized carbons (Fsp3) is 0.417. The van der Waals surface area contributed by atoms with E-state index in [0.29, 0.717) is 5.56 Å². The van der Waals surface area contributed by atoms with Crippen LogP contribution in [0, 0.1) is 0 Å². The summed E-state index contributed by atoms with van der Waals surface area (Å²) in [4.78, 5) is 13.4. The van der Waals surface area contributed by atoms with E-state index in [2.05, 4.69) is 26.1 Å². The van der Waals surface area contributed by atoms with Gasteiger partial charge in [-0.25, -0.2) is 0 Å². The van der Waals surface area contributed by atoms with Gasteiger partial charge >= 0.3 is 0 Å². The number of amides is 1. The zero-order chi connectivity index (χ0) is 12.3. The Morgan fingerprint density at radius 3 is 2.88 bits per heavy atom. The van der Waals surface area contributed by atoms with Gasteiger partial charge in [0, 0.05) is 29.8 Å². The normalized spacial score (nSPS) is 16.6. The van der Waals surface area contributed by atoms with Crippen molar-refractivity contribution in [3.63, 3.8) is 0 Å². The summed E-state index contributed by atoms with van der Waals surface area (Å²) in [7, 11) is 0. The van der Waals surface area contributed by atoms with Crippen molar-refractivity contribution in [2.75, 3.05) is 31.1 Å². The van der Waals surface area contributed by atoms with E-state index in [1.165, 1.54) is 0 Å². The number of benzene rings is 1. The molecular formula is C12H16BrN3O. The van der Waals surface area contributed by atoms with Crippen LogP contribution in [0.3, 0.4) is 0 Å². The molecule has 3 N–H and O–H groups in total. The fourth-order valence-electron chi connectivity index (χ4n) is 2.00. The Bertz CT molecular complexity index is 414. The molecule has 5 heteroatoms. The Morgan fingerprint density at radius 2 is 2.18 bits per heavy atom. The predicted octanol–water partition coefficient (Wildman–Crippen LogP) is 1.35. The molecule has 1 aliphatic heterocycles. The first-order valence-corrected chi connectivity index (χ1v) is 6.53. The molecule has 0 aliphatic carbocycles. The summed E-state index contributed by atoms with van der Waals surface area (Å²) >= 11 is 3.39. The van der Waals surface area contributed by atoms with E-state index in [4.69, 9.17) is 5.73 Å². The van der Waals surface area contributed by atoms with Gasteiger partial charge in [-0.2, -0.15) is 0 Å². The molecule has 4 nitrogen and oxygen atoms in total. The molecule has 1 aromatic rings. The highest BCUT2D eigenvalue weighted by molar-refractivity contribution is 9.10. The lowest BCUT2D eigenvalue weighted by atomic mass is 10.2. The van der Waals surface area contributed by atoms with E-state index in [9.17, 15) is 4.79 Å². The van der Waals surface area contributed by atoms with E-state index in [1.54, 1.807) is 6.07 Å². The van der Waals surface area contributed by atoms with Gasteiger partial charge in [-0.1, -0.05) is 0 Å². The highest BCUT2D eigenvalue weighted by Gasteiger charge is 2.12. The fourth-order valence-corrected chi connectivity index (χ4v) is 2.57. The van der Waals surface area contributed by atoms with Crippen LogP contribution in [0.5, 0.6) is 0 Å². The number of nitrogens with one attached hydrogen (secondary N) is 1. The molecule has 0 saturated carbocycles. The van der Waals surface area contributed by atoms with Gasteiger partial charge in [-0.15, -0.1) is 0 Å². The first-order valence-electron chi connectivity index (χ1n) is 5.73. The molecule has 2 rings (SSSR count). The molecule has 0 unspecified atom stereocenters. The van der Waals surface area contributed by atoms with Crippen LogP contribution in [-0.4, -0.2) is 32.1 Å². The van der Waals surface area contributed by atoms with Crippen LogP contribution in [0.15, 0.2) is 22.7 Å². The van der Waals surface area contributed by atoms with Gasteiger partial charge < -0.3 is 16.0 Å². The monoisotopic (exact) mass is 297 g/mol. The largest absolute Gasteiger partial charge is 0.370 e. The summed E-state index contributed by atoms with van der Waals surface area (Å²) in [5, 5.41) is 3.36. The number of halogens is 1. The number of carbonyl (C=O) groups excluding carboxylic acids is 1. The summed E-state index contributed by atoms with van der Waals surface area (Å²) < 4.78 is 0.764. The second kappa shape index (κ2) is 5.51. The van der Waals surface area contributed by atoms with Crippen molar-refractivity contribution in [1.82, 2.24) is 5.32 Å². The summed E-state index contributed by atoms with van der Waals surface area (Å²) in [6.07, 6.45) is 1.13. The number of hydrogen-bond donors (Lipinski definition) is 2.